The number of nitrogens with one attached hydrogen (secondary N) is 1. The van der Waals surface area contributed by atoms with Crippen LogP contribution in [0.1, 0.15) is 18.4 Å². The van der Waals surface area contributed by atoms with E-state index in [1.165, 1.54) is 0 Å². The highest BCUT2D eigenvalue weighted by Gasteiger charge is 2.07. The number of ether oxygens (including phenoxy) is 2. The van der Waals surface area contributed by atoms with Crippen LogP contribution in [0.4, 0.5) is 0 Å². The van der Waals surface area contributed by atoms with E-state index in [2.05, 4.69) is 11.2 Å². The monoisotopic (exact) mass is 261 g/mol. The summed E-state index contributed by atoms with van der Waals surface area (Å²) in [6.07, 6.45) is 6.93. The van der Waals surface area contributed by atoms with Crippen LogP contribution >= 0.6 is 0 Å². The number of hydrogen-bond acceptors (Lipinski definition) is 3. The van der Waals surface area contributed by atoms with Gasteiger partial charge in [-0.2, -0.15) is 0 Å². The average Bonchev–Trinajstić information content (AvgIpc) is 2.43. The quantitative estimate of drug-likeness (QED) is 0.601. The fraction of sp³-hybridized carbons (Fsp3) is 0.400. The minimum absolute atomic E-state index is 0.0239. The van der Waals surface area contributed by atoms with E-state index in [0.29, 0.717) is 30.9 Å². The van der Waals surface area contributed by atoms with Gasteiger partial charge in [0, 0.05) is 13.0 Å². The Hall–Kier alpha value is -2.15. The summed E-state index contributed by atoms with van der Waals surface area (Å²) >= 11 is 0. The van der Waals surface area contributed by atoms with Gasteiger partial charge < -0.3 is 14.8 Å². The normalized spacial score (nSPS) is 9.53. The number of rotatable bonds is 7. The van der Waals surface area contributed by atoms with E-state index in [4.69, 9.17) is 15.9 Å². The number of hydrogen-bond donors (Lipinski definition) is 1. The van der Waals surface area contributed by atoms with Crippen LogP contribution in [-0.2, 0) is 11.2 Å². The standard InChI is InChI=1S/C15H19NO3/c1-4-5-6-9-16-15(17)11-12-7-8-13(18-2)14(10-12)19-3/h1,7-8,10H,5-6,9,11H2,2-3H3,(H,16,17). The van der Waals surface area contributed by atoms with Gasteiger partial charge in [-0.1, -0.05) is 6.07 Å². The van der Waals surface area contributed by atoms with Gasteiger partial charge in [-0.25, -0.2) is 0 Å². The summed E-state index contributed by atoms with van der Waals surface area (Å²) in [5.41, 5.74) is 0.882. The molecule has 0 aliphatic carbocycles. The summed E-state index contributed by atoms with van der Waals surface area (Å²) < 4.78 is 10.3. The van der Waals surface area contributed by atoms with E-state index < -0.39 is 0 Å². The lowest BCUT2D eigenvalue weighted by atomic mass is 10.1. The van der Waals surface area contributed by atoms with Gasteiger partial charge in [0.1, 0.15) is 0 Å². The van der Waals surface area contributed by atoms with Crippen LogP contribution in [0.15, 0.2) is 18.2 Å². The third kappa shape index (κ3) is 4.92. The highest BCUT2D eigenvalue weighted by molar-refractivity contribution is 5.78. The van der Waals surface area contributed by atoms with E-state index in [0.717, 1.165) is 12.0 Å². The third-order valence-electron chi connectivity index (χ3n) is 2.63. The summed E-state index contributed by atoms with van der Waals surface area (Å²) in [7, 11) is 3.15. The molecule has 1 amide bonds. The first-order valence-corrected chi connectivity index (χ1v) is 6.12. The molecular weight excluding hydrogens is 242 g/mol. The zero-order chi connectivity index (χ0) is 14.1. The minimum Gasteiger partial charge on any atom is -0.493 e. The van der Waals surface area contributed by atoms with Gasteiger partial charge in [0.15, 0.2) is 11.5 Å². The number of benzene rings is 1. The Bertz CT molecular complexity index is 463. The maximum Gasteiger partial charge on any atom is 0.224 e. The van der Waals surface area contributed by atoms with Gasteiger partial charge >= 0.3 is 0 Å². The van der Waals surface area contributed by atoms with Crippen molar-refractivity contribution in [1.29, 1.82) is 0 Å². The zero-order valence-electron chi connectivity index (χ0n) is 11.4. The number of carbonyl (C=O) groups excluding carboxylic acids is 1. The van der Waals surface area contributed by atoms with Crippen LogP contribution in [-0.4, -0.2) is 26.7 Å². The molecule has 1 aromatic carbocycles. The molecule has 0 heterocycles. The van der Waals surface area contributed by atoms with Gasteiger partial charge in [0.05, 0.1) is 20.6 Å². The molecule has 0 bridgehead atoms. The second-order valence-corrected chi connectivity index (χ2v) is 4.02. The molecule has 4 heteroatoms. The largest absolute Gasteiger partial charge is 0.493 e. The summed E-state index contributed by atoms with van der Waals surface area (Å²) in [5, 5.41) is 2.83. The smallest absolute Gasteiger partial charge is 0.224 e. The SMILES string of the molecule is C#CCCCNC(=O)Cc1ccc(OC)c(OC)c1. The average molecular weight is 261 g/mol. The van der Waals surface area contributed by atoms with Gasteiger partial charge in [0.25, 0.3) is 0 Å². The fourth-order valence-corrected chi connectivity index (χ4v) is 1.66. The van der Waals surface area contributed by atoms with Crippen molar-refractivity contribution in [3.63, 3.8) is 0 Å². The Morgan fingerprint density at radius 2 is 2.05 bits per heavy atom. The molecule has 0 atom stereocenters. The molecule has 1 N–H and O–H groups in total. The van der Waals surface area contributed by atoms with Gasteiger partial charge in [-0.15, -0.1) is 12.3 Å². The molecule has 0 radical (unpaired) electrons. The van der Waals surface area contributed by atoms with Crippen molar-refractivity contribution in [1.82, 2.24) is 5.32 Å². The molecule has 0 saturated heterocycles. The van der Waals surface area contributed by atoms with Crippen molar-refractivity contribution in [3.05, 3.63) is 23.8 Å². The summed E-state index contributed by atoms with van der Waals surface area (Å²) in [6.45, 7) is 0.607. The van der Waals surface area contributed by atoms with E-state index in [1.807, 2.05) is 6.07 Å². The van der Waals surface area contributed by atoms with Crippen molar-refractivity contribution in [3.8, 4) is 23.8 Å². The van der Waals surface area contributed by atoms with Crippen molar-refractivity contribution >= 4 is 5.91 Å². The highest BCUT2D eigenvalue weighted by Crippen LogP contribution is 2.27. The van der Waals surface area contributed by atoms with E-state index in [1.54, 1.807) is 26.4 Å². The summed E-state index contributed by atoms with van der Waals surface area (Å²) in [4.78, 5) is 11.7. The topological polar surface area (TPSA) is 47.6 Å². The lowest BCUT2D eigenvalue weighted by Crippen LogP contribution is -2.26. The van der Waals surface area contributed by atoms with Crippen LogP contribution in [0.2, 0.25) is 0 Å². The van der Waals surface area contributed by atoms with Crippen LogP contribution < -0.4 is 14.8 Å². The predicted octanol–water partition coefficient (Wildman–Crippen LogP) is 1.78. The lowest BCUT2D eigenvalue weighted by molar-refractivity contribution is -0.120. The molecule has 0 aromatic heterocycles. The first-order chi connectivity index (χ1) is 9.21. The molecular formula is C15H19NO3. The predicted molar refractivity (Wildman–Crippen MR) is 74.3 cm³/mol. The first kappa shape index (κ1) is 14.9. The van der Waals surface area contributed by atoms with Gasteiger partial charge in [-0.05, 0) is 24.1 Å². The molecule has 102 valence electrons. The molecule has 0 aliphatic heterocycles. The number of unbranched alkanes of at least 4 members (excludes halogenated alkanes) is 1. The van der Waals surface area contributed by atoms with Crippen LogP contribution in [0.3, 0.4) is 0 Å². The Balaban J connectivity index is 2.52. The number of carbonyl (C=O) groups is 1. The summed E-state index contributed by atoms with van der Waals surface area (Å²) in [6, 6.07) is 5.45. The van der Waals surface area contributed by atoms with Gasteiger partial charge in [0.2, 0.25) is 5.91 Å². The molecule has 19 heavy (non-hydrogen) atoms. The number of terminal acetylenes is 1. The first-order valence-electron chi connectivity index (χ1n) is 6.12. The maximum absolute atomic E-state index is 11.7. The third-order valence-corrected chi connectivity index (χ3v) is 2.63. The zero-order valence-corrected chi connectivity index (χ0v) is 11.4. The summed E-state index contributed by atoms with van der Waals surface area (Å²) in [5.74, 6) is 3.79. The van der Waals surface area contributed by atoms with Crippen molar-refractivity contribution < 1.29 is 14.3 Å². The van der Waals surface area contributed by atoms with E-state index >= 15 is 0 Å². The van der Waals surface area contributed by atoms with Crippen LogP contribution in [0.25, 0.3) is 0 Å². The second kappa shape index (κ2) is 8.04. The van der Waals surface area contributed by atoms with Crippen molar-refractivity contribution in [2.24, 2.45) is 0 Å². The highest BCUT2D eigenvalue weighted by atomic mass is 16.5. The molecule has 0 unspecified atom stereocenters. The van der Waals surface area contributed by atoms with E-state index in [-0.39, 0.29) is 5.91 Å². The van der Waals surface area contributed by atoms with Gasteiger partial charge in [-0.3, -0.25) is 4.79 Å². The molecule has 0 saturated carbocycles. The molecule has 4 nitrogen and oxygen atoms in total. The lowest BCUT2D eigenvalue weighted by Gasteiger charge is -2.09. The molecule has 0 spiro atoms. The second-order valence-electron chi connectivity index (χ2n) is 4.02. The van der Waals surface area contributed by atoms with Crippen molar-refractivity contribution in [2.45, 2.75) is 19.3 Å². The molecule has 0 fully saturated rings. The Morgan fingerprint density at radius 1 is 1.32 bits per heavy atom. The van der Waals surface area contributed by atoms with Crippen molar-refractivity contribution in [2.75, 3.05) is 20.8 Å². The molecule has 1 rings (SSSR count). The Kier molecular flexibility index (Phi) is 6.31. The van der Waals surface area contributed by atoms with Crippen LogP contribution in [0.5, 0.6) is 11.5 Å². The Labute approximate surface area is 114 Å². The molecule has 1 aromatic rings. The fourth-order valence-electron chi connectivity index (χ4n) is 1.66. The Morgan fingerprint density at radius 3 is 2.68 bits per heavy atom. The molecule has 0 aliphatic rings. The van der Waals surface area contributed by atoms with E-state index in [9.17, 15) is 4.79 Å². The minimum atomic E-state index is -0.0239. The van der Waals surface area contributed by atoms with Crippen LogP contribution in [0, 0.1) is 12.3 Å². The number of methoxy groups -OCH3 is 2. The number of amides is 1. The maximum atomic E-state index is 11.7.